The zero-order valence-corrected chi connectivity index (χ0v) is 12.9. The molecule has 1 rings (SSSR count). The van der Waals surface area contributed by atoms with Gasteiger partial charge in [0.1, 0.15) is 12.4 Å². The molecule has 1 aromatic rings. The van der Waals surface area contributed by atoms with Crippen molar-refractivity contribution in [2.75, 3.05) is 32.9 Å². The van der Waals surface area contributed by atoms with E-state index in [2.05, 4.69) is 12.2 Å². The molecule has 0 saturated carbocycles. The van der Waals surface area contributed by atoms with Crippen molar-refractivity contribution in [1.82, 2.24) is 5.32 Å². The Labute approximate surface area is 127 Å². The Balaban J connectivity index is 0.00000324. The second-order valence-electron chi connectivity index (χ2n) is 4.02. The van der Waals surface area contributed by atoms with Crippen molar-refractivity contribution < 1.29 is 9.47 Å². The van der Waals surface area contributed by atoms with Crippen molar-refractivity contribution in [3.8, 4) is 5.75 Å². The van der Waals surface area contributed by atoms with Crippen LogP contribution in [0.25, 0.3) is 0 Å². The largest absolute Gasteiger partial charge is 0.491 e. The van der Waals surface area contributed by atoms with Crippen molar-refractivity contribution >= 4 is 24.0 Å². The molecule has 0 aliphatic heterocycles. The maximum absolute atomic E-state index is 5.85. The first kappa shape index (κ1) is 18.5. The minimum Gasteiger partial charge on any atom is -0.491 e. The van der Waals surface area contributed by atoms with Crippen molar-refractivity contribution in [2.24, 2.45) is 0 Å². The third-order valence-electron chi connectivity index (χ3n) is 2.42. The number of halogens is 2. The molecule has 19 heavy (non-hydrogen) atoms. The molecule has 0 aromatic heterocycles. The van der Waals surface area contributed by atoms with Gasteiger partial charge < -0.3 is 14.8 Å². The van der Waals surface area contributed by atoms with Crippen molar-refractivity contribution in [1.29, 1.82) is 0 Å². The Morgan fingerprint density at radius 1 is 1.16 bits per heavy atom. The van der Waals surface area contributed by atoms with E-state index < -0.39 is 0 Å². The van der Waals surface area contributed by atoms with E-state index in [-0.39, 0.29) is 12.4 Å². The third kappa shape index (κ3) is 10.0. The second-order valence-corrected chi connectivity index (χ2v) is 4.46. The molecule has 0 bridgehead atoms. The van der Waals surface area contributed by atoms with Gasteiger partial charge in [-0.05, 0) is 31.2 Å². The molecule has 0 aliphatic rings. The quantitative estimate of drug-likeness (QED) is 0.671. The van der Waals surface area contributed by atoms with Gasteiger partial charge in [0.25, 0.3) is 0 Å². The molecule has 0 atom stereocenters. The van der Waals surface area contributed by atoms with E-state index in [0.29, 0.717) is 18.2 Å². The minimum absolute atomic E-state index is 0. The number of rotatable bonds is 10. The second kappa shape index (κ2) is 12.5. The van der Waals surface area contributed by atoms with E-state index >= 15 is 0 Å². The molecule has 3 nitrogen and oxygen atoms in total. The SMILES string of the molecule is CCCCNCCOCCOc1cccc(Cl)c1.Cl. The summed E-state index contributed by atoms with van der Waals surface area (Å²) in [5, 5.41) is 4.01. The van der Waals surface area contributed by atoms with Gasteiger partial charge in [0.2, 0.25) is 0 Å². The Kier molecular flexibility index (Phi) is 12.2. The first-order chi connectivity index (χ1) is 8.83. The summed E-state index contributed by atoms with van der Waals surface area (Å²) in [4.78, 5) is 0. The lowest BCUT2D eigenvalue weighted by Gasteiger charge is -2.08. The molecular weight excluding hydrogens is 285 g/mol. The lowest BCUT2D eigenvalue weighted by Crippen LogP contribution is -2.21. The van der Waals surface area contributed by atoms with E-state index in [0.717, 1.165) is 25.4 Å². The highest BCUT2D eigenvalue weighted by atomic mass is 35.5. The first-order valence-electron chi connectivity index (χ1n) is 6.49. The van der Waals surface area contributed by atoms with Gasteiger partial charge in [0.05, 0.1) is 13.2 Å². The molecule has 1 aromatic carbocycles. The fourth-order valence-electron chi connectivity index (χ4n) is 1.45. The van der Waals surface area contributed by atoms with Crippen LogP contribution in [-0.4, -0.2) is 32.9 Å². The Morgan fingerprint density at radius 2 is 2.00 bits per heavy atom. The van der Waals surface area contributed by atoms with Gasteiger partial charge in [-0.3, -0.25) is 0 Å². The molecule has 0 heterocycles. The highest BCUT2D eigenvalue weighted by Crippen LogP contribution is 2.16. The van der Waals surface area contributed by atoms with Gasteiger partial charge in [-0.15, -0.1) is 12.4 Å². The standard InChI is InChI=1S/C14H22ClNO2.ClH/c1-2-3-7-16-8-9-17-10-11-18-14-6-4-5-13(15)12-14;/h4-6,12,16H,2-3,7-11H2,1H3;1H. The van der Waals surface area contributed by atoms with E-state index in [1.807, 2.05) is 18.2 Å². The summed E-state index contributed by atoms with van der Waals surface area (Å²) in [5.74, 6) is 0.784. The van der Waals surface area contributed by atoms with Crippen LogP contribution in [0, 0.1) is 0 Å². The molecule has 0 amide bonds. The van der Waals surface area contributed by atoms with Crippen LogP contribution in [0.5, 0.6) is 5.75 Å². The van der Waals surface area contributed by atoms with Crippen molar-refractivity contribution in [3.63, 3.8) is 0 Å². The van der Waals surface area contributed by atoms with Crippen LogP contribution in [0.3, 0.4) is 0 Å². The number of hydrogen-bond donors (Lipinski definition) is 1. The summed E-state index contributed by atoms with van der Waals surface area (Å²) in [7, 11) is 0. The average molecular weight is 308 g/mol. The summed E-state index contributed by atoms with van der Waals surface area (Å²) in [6.07, 6.45) is 2.44. The number of ether oxygens (including phenoxy) is 2. The van der Waals surface area contributed by atoms with Gasteiger partial charge in [-0.25, -0.2) is 0 Å². The lowest BCUT2D eigenvalue weighted by molar-refractivity contribution is 0.102. The zero-order valence-electron chi connectivity index (χ0n) is 11.4. The van der Waals surface area contributed by atoms with Crippen molar-refractivity contribution in [3.05, 3.63) is 29.3 Å². The Hall–Kier alpha value is -0.480. The van der Waals surface area contributed by atoms with Crippen LogP contribution in [-0.2, 0) is 4.74 Å². The molecule has 0 aliphatic carbocycles. The van der Waals surface area contributed by atoms with Crippen LogP contribution in [0.1, 0.15) is 19.8 Å². The van der Waals surface area contributed by atoms with Crippen molar-refractivity contribution in [2.45, 2.75) is 19.8 Å². The number of nitrogens with one attached hydrogen (secondary N) is 1. The van der Waals surface area contributed by atoms with Gasteiger partial charge in [-0.2, -0.15) is 0 Å². The summed E-state index contributed by atoms with van der Waals surface area (Å²) in [6, 6.07) is 7.38. The van der Waals surface area contributed by atoms with E-state index in [1.165, 1.54) is 12.8 Å². The zero-order chi connectivity index (χ0) is 13.1. The Bertz CT molecular complexity index is 324. The molecule has 0 spiro atoms. The first-order valence-corrected chi connectivity index (χ1v) is 6.87. The maximum atomic E-state index is 5.85. The predicted octanol–water partition coefficient (Wildman–Crippen LogP) is 3.55. The normalized spacial score (nSPS) is 10.0. The van der Waals surface area contributed by atoms with Gasteiger partial charge in [0.15, 0.2) is 0 Å². The van der Waals surface area contributed by atoms with Crippen LogP contribution in [0.2, 0.25) is 5.02 Å². The van der Waals surface area contributed by atoms with E-state index in [1.54, 1.807) is 6.07 Å². The predicted molar refractivity (Wildman–Crippen MR) is 82.8 cm³/mol. The lowest BCUT2D eigenvalue weighted by atomic mass is 10.3. The smallest absolute Gasteiger partial charge is 0.120 e. The van der Waals surface area contributed by atoms with E-state index in [4.69, 9.17) is 21.1 Å². The number of hydrogen-bond acceptors (Lipinski definition) is 3. The fraction of sp³-hybridized carbons (Fsp3) is 0.571. The highest BCUT2D eigenvalue weighted by molar-refractivity contribution is 6.30. The molecule has 0 saturated heterocycles. The summed E-state index contributed by atoms with van der Waals surface area (Å²) < 4.78 is 10.9. The highest BCUT2D eigenvalue weighted by Gasteiger charge is 1.95. The van der Waals surface area contributed by atoms with Gasteiger partial charge in [-0.1, -0.05) is 31.0 Å². The number of unbranched alkanes of at least 4 members (excludes halogenated alkanes) is 1. The van der Waals surface area contributed by atoms with Crippen LogP contribution >= 0.6 is 24.0 Å². The topological polar surface area (TPSA) is 30.5 Å². The summed E-state index contributed by atoms with van der Waals surface area (Å²) >= 11 is 5.85. The minimum atomic E-state index is 0. The monoisotopic (exact) mass is 307 g/mol. The fourth-order valence-corrected chi connectivity index (χ4v) is 1.63. The molecule has 0 fully saturated rings. The van der Waals surface area contributed by atoms with Crippen LogP contribution in [0.15, 0.2) is 24.3 Å². The Morgan fingerprint density at radius 3 is 2.74 bits per heavy atom. The van der Waals surface area contributed by atoms with Gasteiger partial charge in [0, 0.05) is 11.6 Å². The molecule has 1 N–H and O–H groups in total. The van der Waals surface area contributed by atoms with Gasteiger partial charge >= 0.3 is 0 Å². The third-order valence-corrected chi connectivity index (χ3v) is 2.66. The van der Waals surface area contributed by atoms with E-state index in [9.17, 15) is 0 Å². The maximum Gasteiger partial charge on any atom is 0.120 e. The molecule has 0 unspecified atom stereocenters. The molecule has 0 radical (unpaired) electrons. The summed E-state index contributed by atoms with van der Waals surface area (Å²) in [5.41, 5.74) is 0. The molecule has 110 valence electrons. The molecular formula is C14H23Cl2NO2. The average Bonchev–Trinajstić information content (AvgIpc) is 2.37. The van der Waals surface area contributed by atoms with Crippen LogP contribution in [0.4, 0.5) is 0 Å². The molecule has 5 heteroatoms. The summed E-state index contributed by atoms with van der Waals surface area (Å²) in [6.45, 7) is 6.03. The number of benzene rings is 1. The van der Waals surface area contributed by atoms with Crippen LogP contribution < -0.4 is 10.1 Å².